The third kappa shape index (κ3) is 3.89. The molecule has 1 atom stereocenters. The largest absolute Gasteiger partial charge is 0.409 e. The molecule has 0 aliphatic carbocycles. The Balaban J connectivity index is 2.66. The molecule has 4 N–H and O–H groups in total. The molecule has 0 fully saturated rings. The second kappa shape index (κ2) is 6.61. The van der Waals surface area contributed by atoms with Crippen LogP contribution in [0.15, 0.2) is 27.8 Å². The van der Waals surface area contributed by atoms with Gasteiger partial charge in [-0.15, -0.1) is 0 Å². The second-order valence-electron chi connectivity index (χ2n) is 3.76. The molecule has 0 aliphatic heterocycles. The first kappa shape index (κ1) is 14.8. The number of hydrogen-bond donors (Lipinski definition) is 3. The fourth-order valence-electron chi connectivity index (χ4n) is 1.22. The number of nitrogens with one attached hydrogen (secondary N) is 1. The van der Waals surface area contributed by atoms with E-state index in [1.54, 1.807) is 25.1 Å². The molecule has 0 heterocycles. The van der Waals surface area contributed by atoms with E-state index < -0.39 is 0 Å². The fraction of sp³-hybridized carbons (Fsp3) is 0.273. The van der Waals surface area contributed by atoms with Crippen LogP contribution in [-0.2, 0) is 0 Å². The molecule has 0 saturated heterocycles. The molecule has 0 saturated carbocycles. The zero-order chi connectivity index (χ0) is 13.7. The van der Waals surface area contributed by atoms with Crippen molar-refractivity contribution in [2.24, 2.45) is 16.8 Å². The first-order valence-electron chi connectivity index (χ1n) is 5.16. The maximum Gasteiger partial charge on any atom is 0.252 e. The van der Waals surface area contributed by atoms with Crippen LogP contribution >= 0.6 is 27.5 Å². The number of rotatable bonds is 4. The minimum absolute atomic E-state index is 0.0669. The average Bonchev–Trinajstić information content (AvgIpc) is 2.34. The number of nitrogens with zero attached hydrogens (tertiary/aromatic N) is 1. The minimum atomic E-state index is -0.301. The quantitative estimate of drug-likeness (QED) is 0.341. The maximum atomic E-state index is 11.8. The van der Waals surface area contributed by atoms with Gasteiger partial charge in [-0.25, -0.2) is 0 Å². The molecule has 1 amide bonds. The van der Waals surface area contributed by atoms with Crippen molar-refractivity contribution in [3.8, 4) is 0 Å². The highest BCUT2D eigenvalue weighted by Gasteiger charge is 2.13. The van der Waals surface area contributed by atoms with Crippen molar-refractivity contribution in [3.05, 3.63) is 33.3 Å². The zero-order valence-corrected chi connectivity index (χ0v) is 12.0. The van der Waals surface area contributed by atoms with Crippen molar-refractivity contribution in [1.29, 1.82) is 0 Å². The fourth-order valence-corrected chi connectivity index (χ4v) is 1.98. The Hall–Kier alpha value is -1.27. The van der Waals surface area contributed by atoms with E-state index in [4.69, 9.17) is 22.5 Å². The molecule has 0 aromatic heterocycles. The Morgan fingerprint density at radius 2 is 2.33 bits per heavy atom. The number of hydrogen-bond acceptors (Lipinski definition) is 3. The number of oxime groups is 1. The van der Waals surface area contributed by atoms with Crippen LogP contribution in [0.3, 0.4) is 0 Å². The summed E-state index contributed by atoms with van der Waals surface area (Å²) in [7, 11) is 0. The minimum Gasteiger partial charge on any atom is -0.409 e. The van der Waals surface area contributed by atoms with Gasteiger partial charge in [0.2, 0.25) is 0 Å². The second-order valence-corrected chi connectivity index (χ2v) is 5.08. The molecule has 1 aromatic carbocycles. The van der Waals surface area contributed by atoms with Crippen LogP contribution in [0.25, 0.3) is 0 Å². The SMILES string of the molecule is CC(CNC(=O)c1ccc(Br)cc1Cl)C(N)=NO. The van der Waals surface area contributed by atoms with Crippen molar-refractivity contribution >= 4 is 39.3 Å². The van der Waals surface area contributed by atoms with Gasteiger partial charge in [-0.05, 0) is 18.2 Å². The first-order chi connectivity index (χ1) is 8.45. The summed E-state index contributed by atoms with van der Waals surface area (Å²) < 4.78 is 0.800. The molecule has 98 valence electrons. The van der Waals surface area contributed by atoms with Crippen LogP contribution in [0.1, 0.15) is 17.3 Å². The Kier molecular flexibility index (Phi) is 5.43. The Labute approximate surface area is 118 Å². The molecule has 5 nitrogen and oxygen atoms in total. The predicted octanol–water partition coefficient (Wildman–Crippen LogP) is 2.21. The highest BCUT2D eigenvalue weighted by molar-refractivity contribution is 9.10. The van der Waals surface area contributed by atoms with Crippen molar-refractivity contribution < 1.29 is 10.0 Å². The lowest BCUT2D eigenvalue weighted by molar-refractivity contribution is 0.0951. The van der Waals surface area contributed by atoms with Gasteiger partial charge in [-0.2, -0.15) is 0 Å². The van der Waals surface area contributed by atoms with Crippen LogP contribution in [0.5, 0.6) is 0 Å². The molecule has 7 heteroatoms. The zero-order valence-electron chi connectivity index (χ0n) is 9.65. The van der Waals surface area contributed by atoms with Gasteiger partial charge in [-0.1, -0.05) is 39.6 Å². The Morgan fingerprint density at radius 1 is 1.67 bits per heavy atom. The van der Waals surface area contributed by atoms with E-state index in [1.165, 1.54) is 0 Å². The van der Waals surface area contributed by atoms with E-state index >= 15 is 0 Å². The van der Waals surface area contributed by atoms with Gasteiger partial charge in [0.05, 0.1) is 10.6 Å². The molecule has 0 bridgehead atoms. The molecule has 0 aliphatic rings. The van der Waals surface area contributed by atoms with E-state index in [-0.39, 0.29) is 24.2 Å². The third-order valence-corrected chi connectivity index (χ3v) is 3.17. The molecule has 18 heavy (non-hydrogen) atoms. The van der Waals surface area contributed by atoms with Crippen molar-refractivity contribution in [3.63, 3.8) is 0 Å². The van der Waals surface area contributed by atoms with Gasteiger partial charge in [0.25, 0.3) is 5.91 Å². The summed E-state index contributed by atoms with van der Waals surface area (Å²) in [6, 6.07) is 4.99. The topological polar surface area (TPSA) is 87.7 Å². The highest BCUT2D eigenvalue weighted by atomic mass is 79.9. The van der Waals surface area contributed by atoms with Crippen molar-refractivity contribution in [2.75, 3.05) is 6.54 Å². The van der Waals surface area contributed by atoms with Crippen LogP contribution in [0.2, 0.25) is 5.02 Å². The van der Waals surface area contributed by atoms with E-state index in [0.29, 0.717) is 10.6 Å². The van der Waals surface area contributed by atoms with Crippen molar-refractivity contribution in [2.45, 2.75) is 6.92 Å². The summed E-state index contributed by atoms with van der Waals surface area (Å²) in [6.45, 7) is 2.00. The molecule has 1 rings (SSSR count). The lowest BCUT2D eigenvalue weighted by Gasteiger charge is -2.11. The number of nitrogens with two attached hydrogens (primary N) is 1. The Bertz CT molecular complexity index is 479. The van der Waals surface area contributed by atoms with Crippen LogP contribution in [0.4, 0.5) is 0 Å². The Morgan fingerprint density at radius 3 is 2.89 bits per heavy atom. The summed E-state index contributed by atoms with van der Waals surface area (Å²) in [4.78, 5) is 11.8. The van der Waals surface area contributed by atoms with Gasteiger partial charge >= 0.3 is 0 Å². The number of benzene rings is 1. The number of amidine groups is 1. The highest BCUT2D eigenvalue weighted by Crippen LogP contribution is 2.21. The maximum absolute atomic E-state index is 11.8. The smallest absolute Gasteiger partial charge is 0.252 e. The summed E-state index contributed by atoms with van der Waals surface area (Å²) in [6.07, 6.45) is 0. The van der Waals surface area contributed by atoms with E-state index in [1.807, 2.05) is 0 Å². The third-order valence-electron chi connectivity index (χ3n) is 2.36. The van der Waals surface area contributed by atoms with E-state index in [0.717, 1.165) is 4.47 Å². The summed E-state index contributed by atoms with van der Waals surface area (Å²) >= 11 is 9.21. The first-order valence-corrected chi connectivity index (χ1v) is 6.33. The van der Waals surface area contributed by atoms with Crippen LogP contribution < -0.4 is 11.1 Å². The summed E-state index contributed by atoms with van der Waals surface area (Å²) in [5, 5.41) is 14.4. The molecule has 0 radical (unpaired) electrons. The lowest BCUT2D eigenvalue weighted by atomic mass is 10.1. The normalized spacial score (nSPS) is 13.2. The van der Waals surface area contributed by atoms with Gasteiger partial charge in [-0.3, -0.25) is 4.79 Å². The van der Waals surface area contributed by atoms with E-state index in [9.17, 15) is 4.79 Å². The van der Waals surface area contributed by atoms with Crippen molar-refractivity contribution in [1.82, 2.24) is 5.32 Å². The number of carbonyl (C=O) groups excluding carboxylic acids is 1. The molecule has 0 spiro atoms. The molecular formula is C11H13BrClN3O2. The van der Waals surface area contributed by atoms with E-state index in [2.05, 4.69) is 26.4 Å². The lowest BCUT2D eigenvalue weighted by Crippen LogP contribution is -2.34. The van der Waals surface area contributed by atoms with Gasteiger partial charge in [0.15, 0.2) is 0 Å². The molecular weight excluding hydrogens is 321 g/mol. The van der Waals surface area contributed by atoms with Crippen LogP contribution in [0, 0.1) is 5.92 Å². The summed E-state index contributed by atoms with van der Waals surface area (Å²) in [5.41, 5.74) is 5.79. The number of carbonyl (C=O) groups is 1. The molecule has 1 unspecified atom stereocenters. The summed E-state index contributed by atoms with van der Waals surface area (Å²) in [5.74, 6) is -0.490. The predicted molar refractivity (Wildman–Crippen MR) is 74.1 cm³/mol. The van der Waals surface area contributed by atoms with Gasteiger partial charge < -0.3 is 16.3 Å². The van der Waals surface area contributed by atoms with Gasteiger partial charge in [0.1, 0.15) is 5.84 Å². The number of amides is 1. The van der Waals surface area contributed by atoms with Gasteiger partial charge in [0, 0.05) is 16.9 Å². The number of halogens is 2. The van der Waals surface area contributed by atoms with Crippen LogP contribution in [-0.4, -0.2) is 23.5 Å². The molecule has 1 aromatic rings. The average molecular weight is 335 g/mol. The standard InChI is InChI=1S/C11H13BrClN3O2/c1-6(10(14)16-18)5-15-11(17)8-3-2-7(12)4-9(8)13/h2-4,6,18H,5H2,1H3,(H2,14,16)(H,15,17). The monoisotopic (exact) mass is 333 g/mol.